The summed E-state index contributed by atoms with van der Waals surface area (Å²) in [6.07, 6.45) is 2.38. The Morgan fingerprint density at radius 1 is 1.23 bits per heavy atom. The maximum Gasteiger partial charge on any atom is 0.319 e. The molecule has 138 valence electrons. The monoisotopic (exact) mass is 374 g/mol. The predicted molar refractivity (Wildman–Crippen MR) is 102 cm³/mol. The van der Waals surface area contributed by atoms with E-state index in [2.05, 4.69) is 20.9 Å². The van der Waals surface area contributed by atoms with Crippen molar-refractivity contribution < 1.29 is 14.3 Å². The van der Waals surface area contributed by atoms with Crippen LogP contribution in [0.5, 0.6) is 0 Å². The summed E-state index contributed by atoms with van der Waals surface area (Å²) in [5.74, 6) is -0.120. The molecule has 2 heterocycles. The minimum absolute atomic E-state index is 0.111. The third-order valence-electron chi connectivity index (χ3n) is 3.95. The minimum Gasteiger partial charge on any atom is -0.376 e. The van der Waals surface area contributed by atoms with Crippen molar-refractivity contribution >= 4 is 34.6 Å². The van der Waals surface area contributed by atoms with Gasteiger partial charge in [0.05, 0.1) is 23.2 Å². The predicted octanol–water partition coefficient (Wildman–Crippen LogP) is 2.93. The molecule has 3 rings (SSSR count). The summed E-state index contributed by atoms with van der Waals surface area (Å²) < 4.78 is 5.46. The van der Waals surface area contributed by atoms with Gasteiger partial charge in [-0.1, -0.05) is 0 Å². The molecule has 1 aromatic carbocycles. The molecule has 0 spiro atoms. The topological polar surface area (TPSA) is 92.4 Å². The molecule has 26 heavy (non-hydrogen) atoms. The molecule has 0 bridgehead atoms. The first-order valence-corrected chi connectivity index (χ1v) is 9.44. The Kier molecular flexibility index (Phi) is 6.19. The molecule has 7 nitrogen and oxygen atoms in total. The highest BCUT2D eigenvalue weighted by atomic mass is 32.1. The third kappa shape index (κ3) is 5.53. The number of nitrogens with zero attached hydrogens (tertiary/aromatic N) is 1. The molecule has 0 aliphatic carbocycles. The molecule has 0 radical (unpaired) electrons. The second-order valence-corrected chi connectivity index (χ2v) is 7.19. The fourth-order valence-electron chi connectivity index (χ4n) is 2.68. The first-order valence-electron chi connectivity index (χ1n) is 8.56. The Labute approximate surface area is 156 Å². The first kappa shape index (κ1) is 18.3. The van der Waals surface area contributed by atoms with Crippen molar-refractivity contribution in [3.05, 3.63) is 40.3 Å². The van der Waals surface area contributed by atoms with E-state index < -0.39 is 0 Å². The van der Waals surface area contributed by atoms with Gasteiger partial charge in [-0.3, -0.25) is 4.79 Å². The summed E-state index contributed by atoms with van der Waals surface area (Å²) in [5.41, 5.74) is 2.10. The average Bonchev–Trinajstić information content (AvgIpc) is 3.26. The van der Waals surface area contributed by atoms with Crippen LogP contribution < -0.4 is 16.0 Å². The van der Waals surface area contributed by atoms with Gasteiger partial charge < -0.3 is 20.7 Å². The number of amides is 3. The van der Waals surface area contributed by atoms with Gasteiger partial charge in [-0.2, -0.15) is 0 Å². The summed E-state index contributed by atoms with van der Waals surface area (Å²) in [6, 6.07) is 6.72. The molecule has 3 N–H and O–H groups in total. The van der Waals surface area contributed by atoms with Gasteiger partial charge in [-0.15, -0.1) is 11.3 Å². The number of aromatic nitrogens is 1. The number of aryl methyl sites for hydroxylation is 1. The molecule has 1 unspecified atom stereocenters. The molecule has 1 aromatic heterocycles. The number of hydrogen-bond acceptors (Lipinski definition) is 5. The van der Waals surface area contributed by atoms with Gasteiger partial charge in [0.15, 0.2) is 0 Å². The molecular weight excluding hydrogens is 352 g/mol. The second kappa shape index (κ2) is 8.77. The molecular formula is C18H22N4O3S. The minimum atomic E-state index is -0.267. The van der Waals surface area contributed by atoms with Crippen molar-refractivity contribution in [2.75, 3.05) is 23.8 Å². The molecule has 8 heteroatoms. The second-order valence-electron chi connectivity index (χ2n) is 6.13. The van der Waals surface area contributed by atoms with Crippen molar-refractivity contribution in [3.8, 4) is 0 Å². The van der Waals surface area contributed by atoms with Crippen LogP contribution in [-0.2, 0) is 16.0 Å². The van der Waals surface area contributed by atoms with E-state index in [0.29, 0.717) is 17.9 Å². The zero-order chi connectivity index (χ0) is 18.4. The highest BCUT2D eigenvalue weighted by molar-refractivity contribution is 7.09. The maximum atomic E-state index is 12.0. The number of thiazole rings is 1. The van der Waals surface area contributed by atoms with Gasteiger partial charge in [-0.25, -0.2) is 9.78 Å². The van der Waals surface area contributed by atoms with Crippen LogP contribution in [0.4, 0.5) is 16.2 Å². The van der Waals surface area contributed by atoms with Crippen LogP contribution in [0.15, 0.2) is 29.6 Å². The number of anilines is 2. The van der Waals surface area contributed by atoms with Gasteiger partial charge in [0, 0.05) is 29.9 Å². The number of benzene rings is 1. The van der Waals surface area contributed by atoms with Crippen molar-refractivity contribution in [1.82, 2.24) is 10.3 Å². The fourth-order valence-corrected chi connectivity index (χ4v) is 3.30. The van der Waals surface area contributed by atoms with Crippen LogP contribution in [0.3, 0.4) is 0 Å². The molecule has 1 fully saturated rings. The first-order chi connectivity index (χ1) is 12.6. The summed E-state index contributed by atoms with van der Waals surface area (Å²) in [7, 11) is 0. The van der Waals surface area contributed by atoms with E-state index in [-0.39, 0.29) is 24.5 Å². The van der Waals surface area contributed by atoms with E-state index in [1.54, 1.807) is 24.3 Å². The molecule has 1 aliphatic heterocycles. The Morgan fingerprint density at radius 3 is 2.58 bits per heavy atom. The highest BCUT2D eigenvalue weighted by Gasteiger charge is 2.16. The van der Waals surface area contributed by atoms with Crippen molar-refractivity contribution in [2.45, 2.75) is 32.3 Å². The number of carbonyl (C=O) groups is 2. The van der Waals surface area contributed by atoms with E-state index in [0.717, 1.165) is 30.2 Å². The van der Waals surface area contributed by atoms with Gasteiger partial charge >= 0.3 is 6.03 Å². The molecule has 2 aromatic rings. The summed E-state index contributed by atoms with van der Waals surface area (Å²) in [6.45, 7) is 3.19. The van der Waals surface area contributed by atoms with Crippen LogP contribution >= 0.6 is 11.3 Å². The standard InChI is InChI=1S/C18H22N4O3S/c1-12-20-15(11-26-12)9-17(23)21-13-4-6-14(7-5-13)22-18(24)19-10-16-3-2-8-25-16/h4-7,11,16H,2-3,8-10H2,1H3,(H,21,23)(H2,19,22,24). The molecule has 1 saturated heterocycles. The summed E-state index contributed by atoms with van der Waals surface area (Å²) >= 11 is 1.53. The number of ether oxygens (including phenoxy) is 1. The van der Waals surface area contributed by atoms with E-state index in [1.807, 2.05) is 12.3 Å². The fraction of sp³-hybridized carbons (Fsp3) is 0.389. The average molecular weight is 374 g/mol. The molecule has 1 aliphatic rings. The zero-order valence-electron chi connectivity index (χ0n) is 14.6. The lowest BCUT2D eigenvalue weighted by atomic mass is 10.2. The quantitative estimate of drug-likeness (QED) is 0.725. The Bertz CT molecular complexity index is 754. The number of rotatable bonds is 6. The Hall–Kier alpha value is -2.45. The van der Waals surface area contributed by atoms with Gasteiger partial charge in [0.2, 0.25) is 5.91 Å². The van der Waals surface area contributed by atoms with E-state index in [4.69, 9.17) is 4.74 Å². The van der Waals surface area contributed by atoms with Crippen LogP contribution in [0.2, 0.25) is 0 Å². The van der Waals surface area contributed by atoms with Crippen molar-refractivity contribution in [2.24, 2.45) is 0 Å². The van der Waals surface area contributed by atoms with Crippen LogP contribution in [-0.4, -0.2) is 36.2 Å². The Morgan fingerprint density at radius 2 is 1.96 bits per heavy atom. The van der Waals surface area contributed by atoms with Crippen molar-refractivity contribution in [3.63, 3.8) is 0 Å². The van der Waals surface area contributed by atoms with E-state index in [9.17, 15) is 9.59 Å². The lowest BCUT2D eigenvalue weighted by Gasteiger charge is -2.12. The third-order valence-corrected chi connectivity index (χ3v) is 4.77. The SMILES string of the molecule is Cc1nc(CC(=O)Nc2ccc(NC(=O)NCC3CCCO3)cc2)cs1. The number of carbonyl (C=O) groups excluding carboxylic acids is 2. The van der Waals surface area contributed by atoms with Gasteiger partial charge in [0.1, 0.15) is 0 Å². The Balaban J connectivity index is 1.43. The molecule has 0 saturated carbocycles. The maximum absolute atomic E-state index is 12.0. The van der Waals surface area contributed by atoms with Crippen LogP contribution in [0.25, 0.3) is 0 Å². The van der Waals surface area contributed by atoms with Crippen molar-refractivity contribution in [1.29, 1.82) is 0 Å². The van der Waals surface area contributed by atoms with E-state index >= 15 is 0 Å². The van der Waals surface area contributed by atoms with Gasteiger partial charge in [0.25, 0.3) is 0 Å². The molecule has 1 atom stereocenters. The molecule has 3 amide bonds. The largest absolute Gasteiger partial charge is 0.376 e. The summed E-state index contributed by atoms with van der Waals surface area (Å²) in [5, 5.41) is 11.2. The highest BCUT2D eigenvalue weighted by Crippen LogP contribution is 2.15. The number of urea groups is 1. The lowest BCUT2D eigenvalue weighted by molar-refractivity contribution is -0.115. The van der Waals surface area contributed by atoms with Crippen LogP contribution in [0.1, 0.15) is 23.5 Å². The van der Waals surface area contributed by atoms with Gasteiger partial charge in [-0.05, 0) is 44.0 Å². The van der Waals surface area contributed by atoms with E-state index in [1.165, 1.54) is 11.3 Å². The number of nitrogens with one attached hydrogen (secondary N) is 3. The summed E-state index contributed by atoms with van der Waals surface area (Å²) in [4.78, 5) is 28.2. The smallest absolute Gasteiger partial charge is 0.319 e. The lowest BCUT2D eigenvalue weighted by Crippen LogP contribution is -2.35. The zero-order valence-corrected chi connectivity index (χ0v) is 15.4. The van der Waals surface area contributed by atoms with Crippen LogP contribution in [0, 0.1) is 6.92 Å². The number of hydrogen-bond donors (Lipinski definition) is 3. The normalized spacial score (nSPS) is 16.3.